The minimum absolute atomic E-state index is 0.479. The summed E-state index contributed by atoms with van der Waals surface area (Å²) >= 11 is 0. The Balaban J connectivity index is 2.17. The summed E-state index contributed by atoms with van der Waals surface area (Å²) in [6.45, 7) is 2.04. The van der Waals surface area contributed by atoms with Crippen LogP contribution in [0.15, 0.2) is 30.3 Å². The predicted octanol–water partition coefficient (Wildman–Crippen LogP) is 2.58. The second kappa shape index (κ2) is 4.77. The van der Waals surface area contributed by atoms with E-state index in [0.717, 1.165) is 40.6 Å². The van der Waals surface area contributed by atoms with E-state index in [-0.39, 0.29) is 0 Å². The average molecular weight is 266 g/mol. The number of H-pyrrole nitrogens is 1. The molecule has 0 bridgehead atoms. The van der Waals surface area contributed by atoms with Crippen molar-refractivity contribution in [1.82, 2.24) is 15.2 Å². The van der Waals surface area contributed by atoms with Crippen LogP contribution in [0.5, 0.6) is 0 Å². The summed E-state index contributed by atoms with van der Waals surface area (Å²) in [5.41, 5.74) is 10.1. The maximum Gasteiger partial charge on any atom is 0.154 e. The number of pyridine rings is 1. The maximum absolute atomic E-state index is 10.7. The molecule has 100 valence electrons. The minimum Gasteiger partial charge on any atom is -0.382 e. The van der Waals surface area contributed by atoms with Gasteiger partial charge in [0.15, 0.2) is 5.82 Å². The molecule has 0 spiro atoms. The summed E-state index contributed by atoms with van der Waals surface area (Å²) in [6, 6.07) is 9.25. The number of nitrogens with zero attached hydrogens (tertiary/aromatic N) is 2. The van der Waals surface area contributed by atoms with E-state index in [0.29, 0.717) is 11.4 Å². The third-order valence-electron chi connectivity index (χ3n) is 3.32. The molecular weight excluding hydrogens is 252 g/mol. The molecule has 0 saturated carbocycles. The van der Waals surface area contributed by atoms with Crippen molar-refractivity contribution in [1.29, 1.82) is 0 Å². The Bertz CT molecular complexity index is 774. The van der Waals surface area contributed by atoms with Crippen LogP contribution < -0.4 is 5.73 Å². The molecule has 20 heavy (non-hydrogen) atoms. The van der Waals surface area contributed by atoms with E-state index < -0.39 is 0 Å². The fourth-order valence-electron chi connectivity index (χ4n) is 2.28. The summed E-state index contributed by atoms with van der Waals surface area (Å²) in [6.07, 6.45) is 1.61. The molecule has 0 fully saturated rings. The number of rotatable bonds is 3. The number of anilines is 1. The number of nitrogens with two attached hydrogens (primary N) is 1. The standard InChI is InChI=1S/C15H14N4O/c1-2-11-14-13(18-19-15(14)16)7-12(17-11)10-5-3-9(8-20)4-6-10/h3-8H,2H2,1H3,(H3,16,18,19). The van der Waals surface area contributed by atoms with Gasteiger partial charge in [-0.2, -0.15) is 5.10 Å². The molecule has 3 rings (SSSR count). The van der Waals surface area contributed by atoms with Gasteiger partial charge in [-0.25, -0.2) is 0 Å². The van der Waals surface area contributed by atoms with Gasteiger partial charge in [-0.1, -0.05) is 31.2 Å². The Hall–Kier alpha value is -2.69. The van der Waals surface area contributed by atoms with Gasteiger partial charge in [0.25, 0.3) is 0 Å². The van der Waals surface area contributed by atoms with Gasteiger partial charge in [-0.15, -0.1) is 0 Å². The van der Waals surface area contributed by atoms with Gasteiger partial charge in [0.05, 0.1) is 22.3 Å². The lowest BCUT2D eigenvalue weighted by atomic mass is 10.1. The van der Waals surface area contributed by atoms with Crippen LogP contribution >= 0.6 is 0 Å². The zero-order chi connectivity index (χ0) is 14.1. The van der Waals surface area contributed by atoms with Gasteiger partial charge in [0.2, 0.25) is 0 Å². The second-order valence-corrected chi connectivity index (χ2v) is 4.58. The van der Waals surface area contributed by atoms with E-state index in [2.05, 4.69) is 15.2 Å². The SMILES string of the molecule is CCc1nc(-c2ccc(C=O)cc2)cc2[nH]nc(N)c12. The molecule has 3 aromatic rings. The van der Waals surface area contributed by atoms with E-state index in [4.69, 9.17) is 5.73 Å². The van der Waals surface area contributed by atoms with Crippen LogP contribution in [0.3, 0.4) is 0 Å². The van der Waals surface area contributed by atoms with Gasteiger partial charge in [0, 0.05) is 11.1 Å². The number of aryl methyl sites for hydroxylation is 1. The highest BCUT2D eigenvalue weighted by molar-refractivity contribution is 5.93. The zero-order valence-corrected chi connectivity index (χ0v) is 11.1. The zero-order valence-electron chi connectivity index (χ0n) is 11.1. The molecule has 2 heterocycles. The van der Waals surface area contributed by atoms with E-state index in [1.165, 1.54) is 0 Å². The topological polar surface area (TPSA) is 84.7 Å². The monoisotopic (exact) mass is 266 g/mol. The maximum atomic E-state index is 10.7. The highest BCUT2D eigenvalue weighted by Gasteiger charge is 2.11. The summed E-state index contributed by atoms with van der Waals surface area (Å²) in [5, 5.41) is 7.85. The van der Waals surface area contributed by atoms with Gasteiger partial charge in [-0.05, 0) is 12.5 Å². The Morgan fingerprint density at radius 1 is 1.30 bits per heavy atom. The molecule has 0 saturated heterocycles. The van der Waals surface area contributed by atoms with Crippen LogP contribution in [0.25, 0.3) is 22.2 Å². The molecule has 1 aromatic carbocycles. The van der Waals surface area contributed by atoms with Crippen LogP contribution in [-0.2, 0) is 6.42 Å². The molecule has 0 aliphatic heterocycles. The van der Waals surface area contributed by atoms with Gasteiger partial charge in [-0.3, -0.25) is 14.9 Å². The highest BCUT2D eigenvalue weighted by Crippen LogP contribution is 2.27. The average Bonchev–Trinajstić information content (AvgIpc) is 2.88. The highest BCUT2D eigenvalue weighted by atomic mass is 16.1. The lowest BCUT2D eigenvalue weighted by Crippen LogP contribution is -1.94. The number of carbonyl (C=O) groups is 1. The number of fused-ring (bicyclic) bond motifs is 1. The van der Waals surface area contributed by atoms with Crippen LogP contribution in [0.1, 0.15) is 23.0 Å². The smallest absolute Gasteiger partial charge is 0.154 e. The number of hydrogen-bond acceptors (Lipinski definition) is 4. The van der Waals surface area contributed by atoms with Gasteiger partial charge in [0.1, 0.15) is 6.29 Å². The van der Waals surface area contributed by atoms with E-state index in [9.17, 15) is 4.79 Å². The van der Waals surface area contributed by atoms with Gasteiger partial charge >= 0.3 is 0 Å². The van der Waals surface area contributed by atoms with E-state index >= 15 is 0 Å². The Kier molecular flexibility index (Phi) is 2.95. The molecule has 0 aliphatic rings. The van der Waals surface area contributed by atoms with Crippen molar-refractivity contribution in [3.63, 3.8) is 0 Å². The summed E-state index contributed by atoms with van der Waals surface area (Å²) < 4.78 is 0. The molecule has 5 heteroatoms. The first-order valence-electron chi connectivity index (χ1n) is 6.42. The summed E-state index contributed by atoms with van der Waals surface area (Å²) in [4.78, 5) is 15.3. The van der Waals surface area contributed by atoms with Crippen LogP contribution in [0.4, 0.5) is 5.82 Å². The molecule has 0 radical (unpaired) electrons. The lowest BCUT2D eigenvalue weighted by Gasteiger charge is -2.06. The molecule has 0 unspecified atom stereocenters. The number of aromatic nitrogens is 3. The minimum atomic E-state index is 0.479. The van der Waals surface area contributed by atoms with Crippen molar-refractivity contribution in [2.45, 2.75) is 13.3 Å². The fraction of sp³-hybridized carbons (Fsp3) is 0.133. The number of carbonyl (C=O) groups excluding carboxylic acids is 1. The number of aldehydes is 1. The fourth-order valence-corrected chi connectivity index (χ4v) is 2.28. The molecule has 0 atom stereocenters. The first-order chi connectivity index (χ1) is 9.72. The van der Waals surface area contributed by atoms with Crippen LogP contribution in [0.2, 0.25) is 0 Å². The normalized spacial score (nSPS) is 10.8. The third kappa shape index (κ3) is 1.93. The van der Waals surface area contributed by atoms with Crippen LogP contribution in [0, 0.1) is 0 Å². The molecular formula is C15H14N4O. The summed E-state index contributed by atoms with van der Waals surface area (Å²) in [5.74, 6) is 0.479. The Morgan fingerprint density at radius 2 is 2.05 bits per heavy atom. The quantitative estimate of drug-likeness (QED) is 0.713. The number of hydrogen-bond donors (Lipinski definition) is 2. The van der Waals surface area contributed by atoms with Crippen molar-refractivity contribution >= 4 is 23.0 Å². The van der Waals surface area contributed by atoms with Crippen molar-refractivity contribution in [3.05, 3.63) is 41.6 Å². The predicted molar refractivity (Wildman–Crippen MR) is 78.5 cm³/mol. The van der Waals surface area contributed by atoms with Gasteiger partial charge < -0.3 is 5.73 Å². The Morgan fingerprint density at radius 3 is 2.70 bits per heavy atom. The first kappa shape index (κ1) is 12.3. The number of aromatic amines is 1. The van der Waals surface area contributed by atoms with Crippen molar-refractivity contribution in [2.75, 3.05) is 5.73 Å². The molecule has 0 aliphatic carbocycles. The number of nitrogens with one attached hydrogen (secondary N) is 1. The largest absolute Gasteiger partial charge is 0.382 e. The third-order valence-corrected chi connectivity index (χ3v) is 3.32. The molecule has 0 amide bonds. The number of nitrogen functional groups attached to an aromatic ring is 1. The second-order valence-electron chi connectivity index (χ2n) is 4.58. The van der Waals surface area contributed by atoms with Crippen molar-refractivity contribution < 1.29 is 4.79 Å². The number of benzene rings is 1. The van der Waals surface area contributed by atoms with Crippen molar-refractivity contribution in [2.24, 2.45) is 0 Å². The molecule has 3 N–H and O–H groups in total. The molecule has 2 aromatic heterocycles. The Labute approximate surface area is 115 Å². The first-order valence-corrected chi connectivity index (χ1v) is 6.42. The molecule has 5 nitrogen and oxygen atoms in total. The summed E-state index contributed by atoms with van der Waals surface area (Å²) in [7, 11) is 0. The van der Waals surface area contributed by atoms with Crippen molar-refractivity contribution in [3.8, 4) is 11.3 Å². The van der Waals surface area contributed by atoms with Crippen LogP contribution in [-0.4, -0.2) is 21.5 Å². The lowest BCUT2D eigenvalue weighted by molar-refractivity contribution is 0.112. The van der Waals surface area contributed by atoms with E-state index in [1.807, 2.05) is 25.1 Å². The van der Waals surface area contributed by atoms with E-state index in [1.54, 1.807) is 12.1 Å².